The van der Waals surface area contributed by atoms with Gasteiger partial charge in [0.2, 0.25) is 5.91 Å². The van der Waals surface area contributed by atoms with Crippen LogP contribution in [0.5, 0.6) is 0 Å². The summed E-state index contributed by atoms with van der Waals surface area (Å²) in [6.45, 7) is 1.21. The van der Waals surface area contributed by atoms with Crippen LogP contribution in [0.4, 0.5) is 0 Å². The quantitative estimate of drug-likeness (QED) is 0.788. The van der Waals surface area contributed by atoms with E-state index in [-0.39, 0.29) is 5.91 Å². The highest BCUT2D eigenvalue weighted by Crippen LogP contribution is 2.21. The van der Waals surface area contributed by atoms with Gasteiger partial charge in [0.25, 0.3) is 0 Å². The highest BCUT2D eigenvalue weighted by molar-refractivity contribution is 5.86. The second-order valence-corrected chi connectivity index (χ2v) is 5.78. The second kappa shape index (κ2) is 6.53. The van der Waals surface area contributed by atoms with E-state index in [9.17, 15) is 4.79 Å². The summed E-state index contributed by atoms with van der Waals surface area (Å²) in [7, 11) is 0. The van der Waals surface area contributed by atoms with Crippen molar-refractivity contribution in [1.29, 1.82) is 0 Å². The number of carbonyl (C=O) groups is 1. The van der Waals surface area contributed by atoms with Crippen LogP contribution in [0.25, 0.3) is 0 Å². The number of hydrogen-bond acceptors (Lipinski definition) is 3. The summed E-state index contributed by atoms with van der Waals surface area (Å²) in [5.74, 6) is 0.0383. The molecule has 0 spiro atoms. The van der Waals surface area contributed by atoms with Gasteiger partial charge in [-0.3, -0.25) is 4.79 Å². The van der Waals surface area contributed by atoms with E-state index in [1.54, 1.807) is 0 Å². The predicted octanol–water partition coefficient (Wildman–Crippen LogP) is 1.72. The molecule has 2 rings (SSSR count). The molecule has 0 bridgehead atoms. The Morgan fingerprint density at radius 1 is 1.06 bits per heavy atom. The van der Waals surface area contributed by atoms with E-state index in [0.717, 1.165) is 12.8 Å². The maximum Gasteiger partial charge on any atom is 0.240 e. The van der Waals surface area contributed by atoms with Gasteiger partial charge in [-0.25, -0.2) is 0 Å². The van der Waals surface area contributed by atoms with E-state index in [1.165, 1.54) is 32.1 Å². The Hall–Kier alpha value is -0.610. The Bertz CT molecular complexity index is 267. The van der Waals surface area contributed by atoms with Crippen LogP contribution in [0.15, 0.2) is 0 Å². The molecule has 0 radical (unpaired) electrons. The molecule has 18 heavy (non-hydrogen) atoms. The number of hydrogen-bond donors (Lipinski definition) is 2. The van der Waals surface area contributed by atoms with Crippen molar-refractivity contribution >= 4 is 5.91 Å². The smallest absolute Gasteiger partial charge is 0.240 e. The van der Waals surface area contributed by atoms with Gasteiger partial charge in [0.15, 0.2) is 0 Å². The third kappa shape index (κ3) is 3.69. The molecule has 0 atom stereocenters. The largest absolute Gasteiger partial charge is 0.381 e. The Labute approximate surface area is 110 Å². The molecule has 2 fully saturated rings. The average Bonchev–Trinajstić information content (AvgIpc) is 2.33. The monoisotopic (exact) mass is 254 g/mol. The van der Waals surface area contributed by atoms with Gasteiger partial charge in [0.05, 0.1) is 5.54 Å². The highest BCUT2D eigenvalue weighted by Gasteiger charge is 2.36. The lowest BCUT2D eigenvalue weighted by Gasteiger charge is -2.34. The van der Waals surface area contributed by atoms with Crippen molar-refractivity contribution in [2.45, 2.75) is 69.4 Å². The van der Waals surface area contributed by atoms with E-state index in [1.807, 2.05) is 0 Å². The molecule has 0 aromatic rings. The molecular weight excluding hydrogens is 228 g/mol. The fraction of sp³-hybridized carbons (Fsp3) is 0.929. The molecule has 0 unspecified atom stereocenters. The number of rotatable bonds is 2. The first kappa shape index (κ1) is 13.8. The van der Waals surface area contributed by atoms with Gasteiger partial charge in [-0.15, -0.1) is 0 Å². The third-order valence-corrected chi connectivity index (χ3v) is 4.28. The van der Waals surface area contributed by atoms with E-state index in [2.05, 4.69) is 5.32 Å². The minimum atomic E-state index is -0.694. The van der Waals surface area contributed by atoms with E-state index in [4.69, 9.17) is 10.5 Å². The van der Waals surface area contributed by atoms with Crippen molar-refractivity contribution in [3.63, 3.8) is 0 Å². The molecule has 1 heterocycles. The van der Waals surface area contributed by atoms with Crippen LogP contribution in [-0.4, -0.2) is 30.7 Å². The molecule has 1 saturated heterocycles. The lowest BCUT2D eigenvalue weighted by molar-refractivity contribution is -0.130. The Morgan fingerprint density at radius 3 is 2.22 bits per heavy atom. The van der Waals surface area contributed by atoms with Crippen LogP contribution in [0.2, 0.25) is 0 Å². The molecule has 1 saturated carbocycles. The first-order chi connectivity index (χ1) is 8.71. The summed E-state index contributed by atoms with van der Waals surface area (Å²) < 4.78 is 5.28. The van der Waals surface area contributed by atoms with Crippen LogP contribution in [0.3, 0.4) is 0 Å². The molecular formula is C14H26N2O2. The Morgan fingerprint density at radius 2 is 1.61 bits per heavy atom. The second-order valence-electron chi connectivity index (χ2n) is 5.78. The lowest BCUT2D eigenvalue weighted by atomic mass is 9.89. The normalized spacial score (nSPS) is 26.1. The SMILES string of the molecule is NC1(C(=O)NC2CCCCCCC2)CCOCC1. The fourth-order valence-electron chi connectivity index (χ4n) is 2.89. The predicted molar refractivity (Wildman–Crippen MR) is 71.2 cm³/mol. The first-order valence-corrected chi connectivity index (χ1v) is 7.38. The van der Waals surface area contributed by atoms with E-state index >= 15 is 0 Å². The molecule has 104 valence electrons. The van der Waals surface area contributed by atoms with Crippen LogP contribution < -0.4 is 11.1 Å². The summed E-state index contributed by atoms with van der Waals surface area (Å²) in [4.78, 5) is 12.3. The van der Waals surface area contributed by atoms with Gasteiger partial charge in [-0.05, 0) is 25.7 Å². The standard InChI is InChI=1S/C14H26N2O2/c15-14(8-10-18-11-9-14)13(17)16-12-6-4-2-1-3-5-7-12/h12H,1-11,15H2,(H,16,17). The minimum absolute atomic E-state index is 0.0383. The molecule has 2 aliphatic rings. The van der Waals surface area contributed by atoms with E-state index < -0.39 is 5.54 Å². The Kier molecular flexibility index (Phi) is 5.01. The van der Waals surface area contributed by atoms with Crippen molar-refractivity contribution in [2.75, 3.05) is 13.2 Å². The highest BCUT2D eigenvalue weighted by atomic mass is 16.5. The van der Waals surface area contributed by atoms with Gasteiger partial charge in [-0.2, -0.15) is 0 Å². The Balaban J connectivity index is 1.84. The molecule has 0 aromatic carbocycles. The number of amides is 1. The maximum atomic E-state index is 12.3. The summed E-state index contributed by atoms with van der Waals surface area (Å²) in [6.07, 6.45) is 9.91. The van der Waals surface area contributed by atoms with Crippen molar-refractivity contribution in [1.82, 2.24) is 5.32 Å². The fourth-order valence-corrected chi connectivity index (χ4v) is 2.89. The van der Waals surface area contributed by atoms with Crippen molar-refractivity contribution < 1.29 is 9.53 Å². The van der Waals surface area contributed by atoms with Gasteiger partial charge in [-0.1, -0.05) is 32.1 Å². The topological polar surface area (TPSA) is 64.4 Å². The molecule has 3 N–H and O–H groups in total. The average molecular weight is 254 g/mol. The van der Waals surface area contributed by atoms with Gasteiger partial charge in [0, 0.05) is 19.3 Å². The van der Waals surface area contributed by atoms with Crippen LogP contribution >= 0.6 is 0 Å². The van der Waals surface area contributed by atoms with Crippen molar-refractivity contribution in [3.8, 4) is 0 Å². The summed E-state index contributed by atoms with van der Waals surface area (Å²) in [5.41, 5.74) is 5.50. The summed E-state index contributed by atoms with van der Waals surface area (Å²) in [5, 5.41) is 3.18. The van der Waals surface area contributed by atoms with Crippen LogP contribution in [0, 0.1) is 0 Å². The summed E-state index contributed by atoms with van der Waals surface area (Å²) in [6, 6.07) is 0.334. The molecule has 4 nitrogen and oxygen atoms in total. The lowest BCUT2D eigenvalue weighted by Crippen LogP contribution is -2.58. The maximum absolute atomic E-state index is 12.3. The van der Waals surface area contributed by atoms with Crippen LogP contribution in [-0.2, 0) is 9.53 Å². The molecule has 0 aromatic heterocycles. The molecule has 4 heteroatoms. The number of ether oxygens (including phenoxy) is 1. The van der Waals surface area contributed by atoms with Gasteiger partial charge in [0.1, 0.15) is 0 Å². The molecule has 1 amide bonds. The zero-order valence-electron chi connectivity index (χ0n) is 11.2. The first-order valence-electron chi connectivity index (χ1n) is 7.38. The summed E-state index contributed by atoms with van der Waals surface area (Å²) >= 11 is 0. The third-order valence-electron chi connectivity index (χ3n) is 4.28. The van der Waals surface area contributed by atoms with Crippen LogP contribution in [0.1, 0.15) is 57.8 Å². The van der Waals surface area contributed by atoms with E-state index in [0.29, 0.717) is 32.1 Å². The van der Waals surface area contributed by atoms with Crippen molar-refractivity contribution in [3.05, 3.63) is 0 Å². The number of nitrogens with two attached hydrogens (primary N) is 1. The zero-order chi connectivity index (χ0) is 12.8. The molecule has 1 aliphatic carbocycles. The van der Waals surface area contributed by atoms with Gasteiger partial charge < -0.3 is 15.8 Å². The molecule has 1 aliphatic heterocycles. The zero-order valence-corrected chi connectivity index (χ0v) is 11.2. The number of carbonyl (C=O) groups excluding carboxylic acids is 1. The number of nitrogens with one attached hydrogen (secondary N) is 1. The van der Waals surface area contributed by atoms with Gasteiger partial charge >= 0.3 is 0 Å². The van der Waals surface area contributed by atoms with Crippen molar-refractivity contribution in [2.24, 2.45) is 5.73 Å². The minimum Gasteiger partial charge on any atom is -0.381 e.